The lowest BCUT2D eigenvalue weighted by Gasteiger charge is -2.23. The van der Waals surface area contributed by atoms with Crippen molar-refractivity contribution >= 4 is 11.8 Å². The molecule has 2 unspecified atom stereocenters. The summed E-state index contributed by atoms with van der Waals surface area (Å²) >= 11 is 0. The van der Waals surface area contributed by atoms with E-state index < -0.39 is 0 Å². The fourth-order valence-electron chi connectivity index (χ4n) is 2.94. The Morgan fingerprint density at radius 3 is 2.89 bits per heavy atom. The number of nitrogens with zero attached hydrogens (tertiary/aromatic N) is 1. The van der Waals surface area contributed by atoms with Crippen LogP contribution in [0.15, 0.2) is 0 Å². The minimum absolute atomic E-state index is 0.0246. The van der Waals surface area contributed by atoms with E-state index in [0.717, 1.165) is 38.9 Å². The van der Waals surface area contributed by atoms with E-state index in [1.54, 1.807) is 11.9 Å². The SMILES string of the molecule is CNC(=O)C1CCCN1C(=O)CCC1CCNC1. The lowest BCUT2D eigenvalue weighted by molar-refractivity contribution is -0.138. The van der Waals surface area contributed by atoms with Crippen LogP contribution in [-0.2, 0) is 9.59 Å². The van der Waals surface area contributed by atoms with Crippen LogP contribution in [0.25, 0.3) is 0 Å². The molecule has 0 bridgehead atoms. The molecule has 5 heteroatoms. The normalized spacial score (nSPS) is 27.5. The van der Waals surface area contributed by atoms with Crippen molar-refractivity contribution in [2.45, 2.75) is 38.1 Å². The fraction of sp³-hybridized carbons (Fsp3) is 0.846. The minimum Gasteiger partial charge on any atom is -0.357 e. The van der Waals surface area contributed by atoms with Crippen molar-refractivity contribution in [1.29, 1.82) is 0 Å². The van der Waals surface area contributed by atoms with Gasteiger partial charge in [-0.25, -0.2) is 0 Å². The Balaban J connectivity index is 1.81. The van der Waals surface area contributed by atoms with Crippen LogP contribution < -0.4 is 10.6 Å². The molecular formula is C13H23N3O2. The van der Waals surface area contributed by atoms with Crippen LogP contribution in [0.5, 0.6) is 0 Å². The maximum Gasteiger partial charge on any atom is 0.242 e. The van der Waals surface area contributed by atoms with Crippen molar-refractivity contribution in [3.63, 3.8) is 0 Å². The summed E-state index contributed by atoms with van der Waals surface area (Å²) in [7, 11) is 1.63. The van der Waals surface area contributed by atoms with Crippen LogP contribution in [0.2, 0.25) is 0 Å². The second-order valence-corrected chi connectivity index (χ2v) is 5.26. The third kappa shape index (κ3) is 3.02. The summed E-state index contributed by atoms with van der Waals surface area (Å²) in [6, 6.07) is -0.232. The summed E-state index contributed by atoms with van der Waals surface area (Å²) in [6.45, 7) is 2.84. The summed E-state index contributed by atoms with van der Waals surface area (Å²) in [5, 5.41) is 5.96. The first-order valence-corrected chi connectivity index (χ1v) is 6.94. The highest BCUT2D eigenvalue weighted by Crippen LogP contribution is 2.21. The maximum atomic E-state index is 12.2. The summed E-state index contributed by atoms with van der Waals surface area (Å²) < 4.78 is 0. The highest BCUT2D eigenvalue weighted by molar-refractivity contribution is 5.88. The predicted molar refractivity (Wildman–Crippen MR) is 69.0 cm³/mol. The number of likely N-dealkylation sites (tertiary alicyclic amines) is 1. The molecule has 0 aliphatic carbocycles. The number of hydrogen-bond donors (Lipinski definition) is 2. The quantitative estimate of drug-likeness (QED) is 0.748. The Labute approximate surface area is 108 Å². The molecule has 2 aliphatic heterocycles. The second kappa shape index (κ2) is 6.18. The van der Waals surface area contributed by atoms with Gasteiger partial charge in [-0.05, 0) is 44.7 Å². The molecule has 2 heterocycles. The van der Waals surface area contributed by atoms with Gasteiger partial charge in [0.05, 0.1) is 0 Å². The lowest BCUT2D eigenvalue weighted by atomic mass is 10.0. The zero-order chi connectivity index (χ0) is 13.0. The van der Waals surface area contributed by atoms with E-state index in [4.69, 9.17) is 0 Å². The highest BCUT2D eigenvalue weighted by atomic mass is 16.2. The molecule has 0 spiro atoms. The molecule has 2 rings (SSSR count). The first-order chi connectivity index (χ1) is 8.72. The molecule has 0 radical (unpaired) electrons. The van der Waals surface area contributed by atoms with E-state index in [1.165, 1.54) is 6.42 Å². The standard InChI is InChI=1S/C13H23N3O2/c1-14-13(18)11-3-2-8-16(11)12(17)5-4-10-6-7-15-9-10/h10-11,15H,2-9H2,1H3,(H,14,18). The van der Waals surface area contributed by atoms with Gasteiger partial charge in [-0.1, -0.05) is 0 Å². The Hall–Kier alpha value is -1.10. The van der Waals surface area contributed by atoms with Gasteiger partial charge in [-0.15, -0.1) is 0 Å². The molecule has 5 nitrogen and oxygen atoms in total. The largest absolute Gasteiger partial charge is 0.357 e. The third-order valence-electron chi connectivity index (χ3n) is 4.05. The molecule has 102 valence electrons. The van der Waals surface area contributed by atoms with E-state index in [1.807, 2.05) is 0 Å². The molecule has 2 fully saturated rings. The molecular weight excluding hydrogens is 230 g/mol. The van der Waals surface area contributed by atoms with E-state index in [-0.39, 0.29) is 17.9 Å². The van der Waals surface area contributed by atoms with Gasteiger partial charge >= 0.3 is 0 Å². The Morgan fingerprint density at radius 2 is 2.22 bits per heavy atom. The number of rotatable bonds is 4. The van der Waals surface area contributed by atoms with E-state index in [2.05, 4.69) is 10.6 Å². The second-order valence-electron chi connectivity index (χ2n) is 5.26. The average Bonchev–Trinajstić information content (AvgIpc) is 3.05. The molecule has 0 aromatic carbocycles. The predicted octanol–water partition coefficient (Wildman–Crippen LogP) is 0.113. The third-order valence-corrected chi connectivity index (χ3v) is 4.05. The summed E-state index contributed by atoms with van der Waals surface area (Å²) in [6.07, 6.45) is 4.44. The number of hydrogen-bond acceptors (Lipinski definition) is 3. The van der Waals surface area contributed by atoms with Gasteiger partial charge < -0.3 is 15.5 Å². The summed E-state index contributed by atoms with van der Waals surface area (Å²) in [5.74, 6) is 0.756. The zero-order valence-electron chi connectivity index (χ0n) is 11.1. The fourth-order valence-corrected chi connectivity index (χ4v) is 2.94. The monoisotopic (exact) mass is 253 g/mol. The van der Waals surface area contributed by atoms with Crippen LogP contribution in [0, 0.1) is 5.92 Å². The first kappa shape index (κ1) is 13.3. The molecule has 2 aliphatic rings. The lowest BCUT2D eigenvalue weighted by Crippen LogP contribution is -2.44. The number of nitrogens with one attached hydrogen (secondary N) is 2. The van der Waals surface area contributed by atoms with Gasteiger partial charge in [-0.2, -0.15) is 0 Å². The van der Waals surface area contributed by atoms with Crippen molar-refractivity contribution in [3.05, 3.63) is 0 Å². The molecule has 2 N–H and O–H groups in total. The van der Waals surface area contributed by atoms with Gasteiger partial charge in [0, 0.05) is 20.0 Å². The van der Waals surface area contributed by atoms with Crippen molar-refractivity contribution in [2.75, 3.05) is 26.7 Å². The Bertz CT molecular complexity index is 313. The molecule has 0 saturated carbocycles. The van der Waals surface area contributed by atoms with Gasteiger partial charge in [-0.3, -0.25) is 9.59 Å². The molecule has 0 aromatic rings. The maximum absolute atomic E-state index is 12.2. The molecule has 18 heavy (non-hydrogen) atoms. The Kier molecular flexibility index (Phi) is 4.58. The summed E-state index contributed by atoms with van der Waals surface area (Å²) in [4.78, 5) is 25.6. The highest BCUT2D eigenvalue weighted by Gasteiger charge is 2.33. The zero-order valence-corrected chi connectivity index (χ0v) is 11.1. The molecule has 2 atom stereocenters. The molecule has 2 amide bonds. The number of carbonyl (C=O) groups is 2. The van der Waals surface area contributed by atoms with Gasteiger partial charge in [0.1, 0.15) is 6.04 Å². The molecule has 2 saturated heterocycles. The number of likely N-dealkylation sites (N-methyl/N-ethyl adjacent to an activating group) is 1. The van der Waals surface area contributed by atoms with Crippen molar-refractivity contribution in [2.24, 2.45) is 5.92 Å². The van der Waals surface area contributed by atoms with Crippen molar-refractivity contribution in [3.8, 4) is 0 Å². The van der Waals surface area contributed by atoms with Crippen LogP contribution >= 0.6 is 0 Å². The summed E-state index contributed by atoms with van der Waals surface area (Å²) in [5.41, 5.74) is 0. The Morgan fingerprint density at radius 1 is 1.39 bits per heavy atom. The van der Waals surface area contributed by atoms with Crippen LogP contribution in [0.1, 0.15) is 32.1 Å². The minimum atomic E-state index is -0.232. The average molecular weight is 253 g/mol. The number of amides is 2. The topological polar surface area (TPSA) is 61.4 Å². The van der Waals surface area contributed by atoms with E-state index in [0.29, 0.717) is 12.3 Å². The first-order valence-electron chi connectivity index (χ1n) is 6.94. The smallest absolute Gasteiger partial charge is 0.242 e. The molecule has 0 aromatic heterocycles. The van der Waals surface area contributed by atoms with Gasteiger partial charge in [0.2, 0.25) is 11.8 Å². The van der Waals surface area contributed by atoms with Crippen molar-refractivity contribution < 1.29 is 9.59 Å². The van der Waals surface area contributed by atoms with Crippen LogP contribution in [-0.4, -0.2) is 49.4 Å². The van der Waals surface area contributed by atoms with E-state index in [9.17, 15) is 9.59 Å². The van der Waals surface area contributed by atoms with Crippen molar-refractivity contribution in [1.82, 2.24) is 15.5 Å². The van der Waals surface area contributed by atoms with E-state index >= 15 is 0 Å². The number of carbonyl (C=O) groups excluding carboxylic acids is 2. The van der Waals surface area contributed by atoms with Gasteiger partial charge in [0.15, 0.2) is 0 Å². The van der Waals surface area contributed by atoms with Crippen LogP contribution in [0.4, 0.5) is 0 Å². The van der Waals surface area contributed by atoms with Gasteiger partial charge in [0.25, 0.3) is 0 Å². The van der Waals surface area contributed by atoms with Crippen LogP contribution in [0.3, 0.4) is 0 Å².